The monoisotopic (exact) mass is 372 g/mol. The molecule has 0 atom stereocenters. The van der Waals surface area contributed by atoms with E-state index >= 15 is 0 Å². The van der Waals surface area contributed by atoms with Crippen LogP contribution in [0.1, 0.15) is 39.0 Å². The molecule has 0 spiro atoms. The van der Waals surface area contributed by atoms with E-state index in [0.29, 0.717) is 32.8 Å². The third-order valence-electron chi connectivity index (χ3n) is 2.30. The number of hydrogen-bond acceptors (Lipinski definition) is 4. The Bertz CT molecular complexity index is 188. The van der Waals surface area contributed by atoms with Gasteiger partial charge in [-0.1, -0.05) is 35.4 Å². The van der Waals surface area contributed by atoms with Crippen LogP contribution in [-0.4, -0.2) is 43.4 Å². The quantitative estimate of drug-likeness (QED) is 0.216. The largest absolute Gasteiger partial charge is 0.466 e. The highest BCUT2D eigenvalue weighted by molar-refractivity contribution is 14.1. The van der Waals surface area contributed by atoms with Crippen LogP contribution in [0.4, 0.5) is 0 Å². The number of carbonyl (C=O) groups is 1. The van der Waals surface area contributed by atoms with Crippen molar-refractivity contribution < 1.29 is 19.0 Å². The Labute approximate surface area is 124 Å². The predicted molar refractivity (Wildman–Crippen MR) is 80.2 cm³/mol. The maximum Gasteiger partial charge on any atom is 0.308 e. The number of halogens is 1. The molecule has 0 radical (unpaired) electrons. The number of hydrogen-bond donors (Lipinski definition) is 0. The highest BCUT2D eigenvalue weighted by atomic mass is 127. The lowest BCUT2D eigenvalue weighted by atomic mass is 10.2. The van der Waals surface area contributed by atoms with E-state index in [1.165, 1.54) is 23.7 Å². The van der Waals surface area contributed by atoms with Gasteiger partial charge >= 0.3 is 5.97 Å². The fourth-order valence-corrected chi connectivity index (χ4v) is 1.90. The van der Waals surface area contributed by atoms with Gasteiger partial charge in [-0.15, -0.1) is 0 Å². The molecule has 0 aromatic rings. The van der Waals surface area contributed by atoms with Gasteiger partial charge in [0.05, 0.1) is 32.8 Å². The number of alkyl halides is 1. The smallest absolute Gasteiger partial charge is 0.308 e. The van der Waals surface area contributed by atoms with Gasteiger partial charge < -0.3 is 14.2 Å². The first-order chi connectivity index (χ1) is 8.81. The number of esters is 1. The molecule has 0 saturated heterocycles. The van der Waals surface area contributed by atoms with Crippen LogP contribution >= 0.6 is 22.6 Å². The molecule has 0 heterocycles. The molecule has 0 rings (SSSR count). The average molecular weight is 372 g/mol. The summed E-state index contributed by atoms with van der Waals surface area (Å²) in [5, 5.41) is 0. The minimum Gasteiger partial charge on any atom is -0.466 e. The van der Waals surface area contributed by atoms with Gasteiger partial charge in [-0.3, -0.25) is 4.79 Å². The third-order valence-corrected chi connectivity index (χ3v) is 3.06. The van der Waals surface area contributed by atoms with Gasteiger partial charge in [0.2, 0.25) is 0 Å². The molecule has 0 aromatic heterocycles. The van der Waals surface area contributed by atoms with Gasteiger partial charge in [0.25, 0.3) is 0 Å². The average Bonchev–Trinajstić information content (AvgIpc) is 2.36. The molecule has 5 heteroatoms. The standard InChI is InChI=1S/C13H25IO4/c1-2-18-13(15)7-10-17-12-11-16-9-6-4-3-5-8-14/h2-12H2,1H3. The van der Waals surface area contributed by atoms with E-state index < -0.39 is 0 Å². The normalized spacial score (nSPS) is 10.6. The van der Waals surface area contributed by atoms with E-state index in [1.807, 2.05) is 0 Å². The minimum absolute atomic E-state index is 0.200. The fourth-order valence-electron chi connectivity index (χ4n) is 1.36. The summed E-state index contributed by atoms with van der Waals surface area (Å²) in [6.07, 6.45) is 5.29. The molecule has 0 bridgehead atoms. The summed E-state index contributed by atoms with van der Waals surface area (Å²) >= 11 is 2.40. The first kappa shape index (κ1) is 18.1. The zero-order valence-electron chi connectivity index (χ0n) is 11.3. The Morgan fingerprint density at radius 1 is 0.944 bits per heavy atom. The molecule has 0 fully saturated rings. The highest BCUT2D eigenvalue weighted by Gasteiger charge is 2.00. The first-order valence-electron chi connectivity index (χ1n) is 6.68. The Balaban J connectivity index is 3.01. The summed E-state index contributed by atoms with van der Waals surface area (Å²) in [6, 6.07) is 0. The Morgan fingerprint density at radius 3 is 2.28 bits per heavy atom. The zero-order valence-corrected chi connectivity index (χ0v) is 13.4. The molecular weight excluding hydrogens is 347 g/mol. The van der Waals surface area contributed by atoms with Crippen LogP contribution in [0.3, 0.4) is 0 Å². The van der Waals surface area contributed by atoms with Crippen molar-refractivity contribution in [2.75, 3.05) is 37.5 Å². The van der Waals surface area contributed by atoms with Crippen molar-refractivity contribution in [2.45, 2.75) is 39.0 Å². The number of ether oxygens (including phenoxy) is 3. The number of carbonyl (C=O) groups excluding carboxylic acids is 1. The van der Waals surface area contributed by atoms with Crippen LogP contribution in [0.2, 0.25) is 0 Å². The number of unbranched alkanes of at least 4 members (excludes halogenated alkanes) is 3. The maximum absolute atomic E-state index is 11.0. The lowest BCUT2D eigenvalue weighted by Crippen LogP contribution is -2.11. The molecule has 0 N–H and O–H groups in total. The van der Waals surface area contributed by atoms with E-state index in [4.69, 9.17) is 14.2 Å². The molecule has 4 nitrogen and oxygen atoms in total. The molecule has 0 saturated carbocycles. The summed E-state index contributed by atoms with van der Waals surface area (Å²) in [5.41, 5.74) is 0. The summed E-state index contributed by atoms with van der Waals surface area (Å²) in [4.78, 5) is 11.0. The molecule has 0 aromatic carbocycles. The third kappa shape index (κ3) is 14.2. The zero-order chi connectivity index (χ0) is 13.5. The van der Waals surface area contributed by atoms with Crippen molar-refractivity contribution in [2.24, 2.45) is 0 Å². The van der Waals surface area contributed by atoms with Crippen molar-refractivity contribution in [1.29, 1.82) is 0 Å². The van der Waals surface area contributed by atoms with Crippen molar-refractivity contribution in [3.8, 4) is 0 Å². The Morgan fingerprint density at radius 2 is 1.61 bits per heavy atom. The SMILES string of the molecule is CCOC(=O)CCOCCOCCCCCCI. The fraction of sp³-hybridized carbons (Fsp3) is 0.923. The second-order valence-electron chi connectivity index (χ2n) is 3.88. The van der Waals surface area contributed by atoms with Crippen LogP contribution in [0.15, 0.2) is 0 Å². The molecule has 0 amide bonds. The van der Waals surface area contributed by atoms with Crippen LogP contribution < -0.4 is 0 Å². The molecule has 108 valence electrons. The summed E-state index contributed by atoms with van der Waals surface area (Å²) in [7, 11) is 0. The predicted octanol–water partition coefficient (Wildman–Crippen LogP) is 2.97. The van der Waals surface area contributed by atoms with Crippen LogP contribution in [0.25, 0.3) is 0 Å². The van der Waals surface area contributed by atoms with Crippen molar-refractivity contribution in [1.82, 2.24) is 0 Å². The molecule has 0 unspecified atom stereocenters. The van der Waals surface area contributed by atoms with Gasteiger partial charge in [-0.2, -0.15) is 0 Å². The second kappa shape index (κ2) is 15.2. The highest BCUT2D eigenvalue weighted by Crippen LogP contribution is 2.02. The van der Waals surface area contributed by atoms with E-state index in [9.17, 15) is 4.79 Å². The van der Waals surface area contributed by atoms with Crippen LogP contribution in [0, 0.1) is 0 Å². The van der Waals surface area contributed by atoms with Gasteiger partial charge in [0.1, 0.15) is 0 Å². The van der Waals surface area contributed by atoms with Crippen molar-refractivity contribution in [3.05, 3.63) is 0 Å². The second-order valence-corrected chi connectivity index (χ2v) is 4.96. The molecule has 0 aliphatic rings. The van der Waals surface area contributed by atoms with Gasteiger partial charge in [0.15, 0.2) is 0 Å². The summed E-state index contributed by atoms with van der Waals surface area (Å²) in [6.45, 7) is 4.61. The van der Waals surface area contributed by atoms with Crippen molar-refractivity contribution in [3.63, 3.8) is 0 Å². The molecular formula is C13H25IO4. The Kier molecular flexibility index (Phi) is 15.3. The van der Waals surface area contributed by atoms with E-state index in [0.717, 1.165) is 13.0 Å². The number of rotatable bonds is 13. The van der Waals surface area contributed by atoms with Gasteiger partial charge in [-0.05, 0) is 24.2 Å². The molecule has 0 aliphatic carbocycles. The lowest BCUT2D eigenvalue weighted by Gasteiger charge is -2.05. The van der Waals surface area contributed by atoms with Crippen molar-refractivity contribution >= 4 is 28.6 Å². The van der Waals surface area contributed by atoms with E-state index in [-0.39, 0.29) is 5.97 Å². The van der Waals surface area contributed by atoms with Gasteiger partial charge in [-0.25, -0.2) is 0 Å². The topological polar surface area (TPSA) is 44.8 Å². The van der Waals surface area contributed by atoms with Crippen LogP contribution in [-0.2, 0) is 19.0 Å². The molecule has 0 aliphatic heterocycles. The summed E-state index contributed by atoms with van der Waals surface area (Å²) < 4.78 is 16.7. The lowest BCUT2D eigenvalue weighted by molar-refractivity contribution is -0.144. The maximum atomic E-state index is 11.0. The Hall–Kier alpha value is 0.120. The van der Waals surface area contributed by atoms with Crippen LogP contribution in [0.5, 0.6) is 0 Å². The first-order valence-corrected chi connectivity index (χ1v) is 8.21. The van der Waals surface area contributed by atoms with Gasteiger partial charge in [0, 0.05) is 6.61 Å². The van der Waals surface area contributed by atoms with E-state index in [1.54, 1.807) is 6.92 Å². The van der Waals surface area contributed by atoms with E-state index in [2.05, 4.69) is 22.6 Å². The summed E-state index contributed by atoms with van der Waals surface area (Å²) in [5.74, 6) is -0.200. The molecule has 18 heavy (non-hydrogen) atoms. The minimum atomic E-state index is -0.200.